The van der Waals surface area contributed by atoms with Gasteiger partial charge in [-0.25, -0.2) is 0 Å². The first-order chi connectivity index (χ1) is 11.1. The van der Waals surface area contributed by atoms with Crippen molar-refractivity contribution in [3.8, 4) is 0 Å². The van der Waals surface area contributed by atoms with E-state index in [0.29, 0.717) is 16.8 Å². The molecule has 1 aliphatic heterocycles. The van der Waals surface area contributed by atoms with Crippen LogP contribution in [0.15, 0.2) is 60.3 Å². The number of H-pyrrole nitrogens is 1. The number of hydrogen-bond acceptors (Lipinski definition) is 2. The fourth-order valence-electron chi connectivity index (χ4n) is 3.15. The molecule has 4 heteroatoms. The molecule has 4 rings (SSSR count). The number of hydrogen-bond donors (Lipinski definition) is 3. The number of aromatic nitrogens is 1. The molecular weight excluding hydrogens is 288 g/mol. The van der Waals surface area contributed by atoms with Crippen LogP contribution in [0.3, 0.4) is 0 Å². The van der Waals surface area contributed by atoms with E-state index in [1.54, 1.807) is 19.1 Å². The topological polar surface area (TPSA) is 65.1 Å². The minimum atomic E-state index is -1.34. The molecule has 1 atom stereocenters. The summed E-state index contributed by atoms with van der Waals surface area (Å²) < 4.78 is 0. The molecule has 0 radical (unpaired) electrons. The van der Waals surface area contributed by atoms with Gasteiger partial charge in [0.25, 0.3) is 5.91 Å². The van der Waals surface area contributed by atoms with E-state index in [-0.39, 0.29) is 5.91 Å². The van der Waals surface area contributed by atoms with Gasteiger partial charge in [0, 0.05) is 33.9 Å². The first-order valence-corrected chi connectivity index (χ1v) is 7.49. The summed E-state index contributed by atoms with van der Waals surface area (Å²) in [6.45, 7) is 1.66. The molecule has 3 N–H and O–H groups in total. The predicted octanol–water partition coefficient (Wildman–Crippen LogP) is 3.41. The number of aliphatic hydroxyl groups is 1. The van der Waals surface area contributed by atoms with Crippen LogP contribution >= 0.6 is 0 Å². The molecule has 0 spiro atoms. The molecule has 1 aliphatic rings. The molecule has 1 aromatic heterocycles. The van der Waals surface area contributed by atoms with Crippen molar-refractivity contribution in [2.45, 2.75) is 12.5 Å². The van der Waals surface area contributed by atoms with E-state index in [4.69, 9.17) is 0 Å². The Morgan fingerprint density at radius 1 is 1.09 bits per heavy atom. The van der Waals surface area contributed by atoms with E-state index in [0.717, 1.165) is 16.5 Å². The number of amides is 1. The van der Waals surface area contributed by atoms with Crippen LogP contribution in [0.1, 0.15) is 18.1 Å². The van der Waals surface area contributed by atoms with Gasteiger partial charge in [-0.3, -0.25) is 4.79 Å². The average Bonchev–Trinajstić information content (AvgIpc) is 2.95. The minimum absolute atomic E-state index is 0.279. The number of rotatable bonds is 1. The summed E-state index contributed by atoms with van der Waals surface area (Å²) in [7, 11) is 0. The SMILES string of the molecule is CC1(O)/C(=C\c2c[nH]c3ccccc23)C(=O)Nc2ccccc21. The van der Waals surface area contributed by atoms with Crippen molar-refractivity contribution in [3.05, 3.63) is 71.4 Å². The lowest BCUT2D eigenvalue weighted by Gasteiger charge is -2.33. The van der Waals surface area contributed by atoms with Crippen LogP contribution in [0.2, 0.25) is 0 Å². The van der Waals surface area contributed by atoms with Crippen LogP contribution < -0.4 is 5.32 Å². The molecule has 3 aromatic rings. The number of carbonyl (C=O) groups is 1. The predicted molar refractivity (Wildman–Crippen MR) is 90.9 cm³/mol. The van der Waals surface area contributed by atoms with Gasteiger partial charge in [0.1, 0.15) is 5.60 Å². The molecule has 0 aliphatic carbocycles. The zero-order valence-electron chi connectivity index (χ0n) is 12.6. The van der Waals surface area contributed by atoms with Crippen molar-refractivity contribution in [2.75, 3.05) is 5.32 Å². The first kappa shape index (κ1) is 13.8. The molecule has 4 nitrogen and oxygen atoms in total. The summed E-state index contributed by atoms with van der Waals surface area (Å²) >= 11 is 0. The van der Waals surface area contributed by atoms with Gasteiger partial charge < -0.3 is 15.4 Å². The molecule has 1 amide bonds. The van der Waals surface area contributed by atoms with Crippen molar-refractivity contribution in [1.82, 2.24) is 4.98 Å². The summed E-state index contributed by atoms with van der Waals surface area (Å²) in [5.41, 5.74) is 2.23. The molecular formula is C19H16N2O2. The third kappa shape index (κ3) is 2.07. The Balaban J connectivity index is 1.90. The Bertz CT molecular complexity index is 951. The highest BCUT2D eigenvalue weighted by Crippen LogP contribution is 2.40. The highest BCUT2D eigenvalue weighted by atomic mass is 16.3. The average molecular weight is 304 g/mol. The van der Waals surface area contributed by atoms with Gasteiger partial charge in [0.05, 0.1) is 5.57 Å². The van der Waals surface area contributed by atoms with Crippen molar-refractivity contribution < 1.29 is 9.90 Å². The van der Waals surface area contributed by atoms with Crippen LogP contribution in [0.25, 0.3) is 17.0 Å². The van der Waals surface area contributed by atoms with Crippen molar-refractivity contribution >= 4 is 28.6 Å². The lowest BCUT2D eigenvalue weighted by molar-refractivity contribution is -0.115. The van der Waals surface area contributed by atoms with E-state index in [1.165, 1.54) is 0 Å². The molecule has 0 bridgehead atoms. The van der Waals surface area contributed by atoms with Crippen LogP contribution in [0.5, 0.6) is 0 Å². The summed E-state index contributed by atoms with van der Waals surface area (Å²) in [5.74, 6) is -0.279. The van der Waals surface area contributed by atoms with Gasteiger partial charge in [0.15, 0.2) is 0 Å². The number of anilines is 1. The second-order valence-electron chi connectivity index (χ2n) is 5.92. The zero-order chi connectivity index (χ0) is 16.0. The number of benzene rings is 2. The zero-order valence-corrected chi connectivity index (χ0v) is 12.6. The third-order valence-electron chi connectivity index (χ3n) is 4.39. The summed E-state index contributed by atoms with van der Waals surface area (Å²) in [6, 6.07) is 15.2. The normalized spacial score (nSPS) is 22.2. The Hall–Kier alpha value is -2.85. The number of para-hydroxylation sites is 2. The van der Waals surface area contributed by atoms with Gasteiger partial charge in [-0.1, -0.05) is 36.4 Å². The smallest absolute Gasteiger partial charge is 0.254 e. The van der Waals surface area contributed by atoms with E-state index < -0.39 is 5.60 Å². The quantitative estimate of drug-likeness (QED) is 0.603. The lowest BCUT2D eigenvalue weighted by atomic mass is 9.82. The van der Waals surface area contributed by atoms with Crippen molar-refractivity contribution in [3.63, 3.8) is 0 Å². The Morgan fingerprint density at radius 2 is 1.83 bits per heavy atom. The summed E-state index contributed by atoms with van der Waals surface area (Å²) in [5, 5.41) is 14.9. The molecule has 0 saturated carbocycles. The second kappa shape index (κ2) is 4.83. The van der Waals surface area contributed by atoms with Gasteiger partial charge >= 0.3 is 0 Å². The fourth-order valence-corrected chi connectivity index (χ4v) is 3.15. The van der Waals surface area contributed by atoms with Crippen LogP contribution in [-0.2, 0) is 10.4 Å². The van der Waals surface area contributed by atoms with Crippen LogP contribution in [-0.4, -0.2) is 16.0 Å². The fraction of sp³-hybridized carbons (Fsp3) is 0.105. The minimum Gasteiger partial charge on any atom is -0.380 e. The molecule has 2 heterocycles. The lowest BCUT2D eigenvalue weighted by Crippen LogP contribution is -2.37. The Kier molecular flexibility index (Phi) is 2.89. The van der Waals surface area contributed by atoms with Crippen molar-refractivity contribution in [1.29, 1.82) is 0 Å². The van der Waals surface area contributed by atoms with E-state index in [1.807, 2.05) is 48.7 Å². The third-order valence-corrected chi connectivity index (χ3v) is 4.39. The first-order valence-electron chi connectivity index (χ1n) is 7.49. The Labute approximate surface area is 133 Å². The summed E-state index contributed by atoms with van der Waals surface area (Å²) in [6.07, 6.45) is 3.60. The molecule has 0 saturated heterocycles. The number of nitrogens with one attached hydrogen (secondary N) is 2. The maximum Gasteiger partial charge on any atom is 0.254 e. The van der Waals surface area contributed by atoms with Crippen molar-refractivity contribution in [2.24, 2.45) is 0 Å². The maximum atomic E-state index is 12.5. The number of aromatic amines is 1. The molecule has 0 fully saturated rings. The van der Waals surface area contributed by atoms with Gasteiger partial charge in [0.2, 0.25) is 0 Å². The standard InChI is InChI=1S/C19H16N2O2/c1-19(23)14-7-3-5-9-17(14)21-18(22)15(19)10-12-11-20-16-8-4-2-6-13(12)16/h2-11,20,23H,1H3,(H,21,22)/b15-10-. The number of fused-ring (bicyclic) bond motifs is 2. The highest BCUT2D eigenvalue weighted by Gasteiger charge is 2.39. The molecule has 114 valence electrons. The largest absolute Gasteiger partial charge is 0.380 e. The second-order valence-corrected chi connectivity index (χ2v) is 5.92. The Morgan fingerprint density at radius 3 is 2.70 bits per heavy atom. The molecule has 23 heavy (non-hydrogen) atoms. The van der Waals surface area contributed by atoms with Crippen LogP contribution in [0, 0.1) is 0 Å². The number of carbonyl (C=O) groups excluding carboxylic acids is 1. The van der Waals surface area contributed by atoms with E-state index >= 15 is 0 Å². The van der Waals surface area contributed by atoms with E-state index in [9.17, 15) is 9.90 Å². The van der Waals surface area contributed by atoms with Gasteiger partial charge in [-0.15, -0.1) is 0 Å². The summed E-state index contributed by atoms with van der Waals surface area (Å²) in [4.78, 5) is 15.7. The monoisotopic (exact) mass is 304 g/mol. The maximum absolute atomic E-state index is 12.5. The highest BCUT2D eigenvalue weighted by molar-refractivity contribution is 6.12. The van der Waals surface area contributed by atoms with Gasteiger partial charge in [-0.2, -0.15) is 0 Å². The molecule has 1 unspecified atom stereocenters. The van der Waals surface area contributed by atoms with Gasteiger partial charge in [-0.05, 0) is 25.1 Å². The van der Waals surface area contributed by atoms with E-state index in [2.05, 4.69) is 10.3 Å². The van der Waals surface area contributed by atoms with Crippen LogP contribution in [0.4, 0.5) is 5.69 Å². The molecule has 2 aromatic carbocycles.